The molecule has 1 amide bonds. The smallest absolute Gasteiger partial charge is 0.236 e. The number of aliphatic hydroxyl groups excluding tert-OH is 1. The molecular weight excluding hydrogens is 326 g/mol. The third-order valence-corrected chi connectivity index (χ3v) is 6.27. The Morgan fingerprint density at radius 3 is 2.50 bits per heavy atom. The molecule has 3 aliphatic rings. The summed E-state index contributed by atoms with van der Waals surface area (Å²) in [6, 6.07) is 9.40. The Balaban J connectivity index is 1.29. The molecule has 0 unspecified atom stereocenters. The van der Waals surface area contributed by atoms with E-state index in [1.165, 1.54) is 11.1 Å². The van der Waals surface area contributed by atoms with Gasteiger partial charge in [0.1, 0.15) is 0 Å². The summed E-state index contributed by atoms with van der Waals surface area (Å²) in [5, 5.41) is 9.80. The van der Waals surface area contributed by atoms with E-state index in [0.717, 1.165) is 64.8 Å². The zero-order chi connectivity index (χ0) is 17.9. The highest BCUT2D eigenvalue weighted by Crippen LogP contribution is 2.26. The molecule has 5 nitrogen and oxygen atoms in total. The first kappa shape index (κ1) is 18.0. The van der Waals surface area contributed by atoms with Crippen molar-refractivity contribution in [3.8, 4) is 0 Å². The number of likely N-dealkylation sites (tertiary alicyclic amines) is 1. The van der Waals surface area contributed by atoms with Gasteiger partial charge >= 0.3 is 0 Å². The largest absolute Gasteiger partial charge is 0.392 e. The highest BCUT2D eigenvalue weighted by Gasteiger charge is 2.29. The van der Waals surface area contributed by atoms with E-state index in [1.807, 2.05) is 4.90 Å². The number of benzene rings is 1. The molecule has 4 rings (SSSR count). The molecule has 2 fully saturated rings. The number of amides is 1. The van der Waals surface area contributed by atoms with E-state index in [2.05, 4.69) is 34.1 Å². The third kappa shape index (κ3) is 4.11. The van der Waals surface area contributed by atoms with Gasteiger partial charge < -0.3 is 10.0 Å². The number of β-amino-alcohol motifs (C(OH)–C–C–N with tert-alkyl or cyclic N) is 1. The topological polar surface area (TPSA) is 47.0 Å². The van der Waals surface area contributed by atoms with Crippen LogP contribution in [0.15, 0.2) is 24.3 Å². The predicted octanol–water partition coefficient (Wildman–Crippen LogP) is 1.14. The average Bonchev–Trinajstić information content (AvgIpc) is 2.90. The molecule has 26 heavy (non-hydrogen) atoms. The van der Waals surface area contributed by atoms with E-state index in [0.29, 0.717) is 19.1 Å². The van der Waals surface area contributed by atoms with Gasteiger partial charge in [-0.25, -0.2) is 0 Å². The van der Waals surface area contributed by atoms with Crippen LogP contribution in [0, 0.1) is 0 Å². The molecule has 0 spiro atoms. The van der Waals surface area contributed by atoms with E-state index in [1.54, 1.807) is 0 Å². The van der Waals surface area contributed by atoms with Crippen molar-refractivity contribution in [2.75, 3.05) is 45.8 Å². The Kier molecular flexibility index (Phi) is 5.57. The highest BCUT2D eigenvalue weighted by molar-refractivity contribution is 5.78. The summed E-state index contributed by atoms with van der Waals surface area (Å²) in [7, 11) is 0. The molecule has 1 N–H and O–H groups in total. The number of carbonyl (C=O) groups is 1. The molecule has 0 saturated carbocycles. The lowest BCUT2D eigenvalue weighted by Gasteiger charge is -2.31. The molecule has 2 saturated heterocycles. The molecule has 0 aromatic heterocycles. The monoisotopic (exact) mass is 357 g/mol. The van der Waals surface area contributed by atoms with E-state index in [-0.39, 0.29) is 12.0 Å². The van der Waals surface area contributed by atoms with Gasteiger partial charge in [-0.15, -0.1) is 0 Å². The zero-order valence-corrected chi connectivity index (χ0v) is 15.6. The van der Waals surface area contributed by atoms with Gasteiger partial charge in [0.2, 0.25) is 5.91 Å². The molecule has 2 heterocycles. The van der Waals surface area contributed by atoms with Gasteiger partial charge in [-0.2, -0.15) is 0 Å². The lowest BCUT2D eigenvalue weighted by atomic mass is 10.1. The molecule has 0 radical (unpaired) electrons. The van der Waals surface area contributed by atoms with Crippen molar-refractivity contribution in [3.05, 3.63) is 35.4 Å². The lowest BCUT2D eigenvalue weighted by Crippen LogP contribution is -2.46. The fraction of sp³-hybridized carbons (Fsp3) is 0.667. The average molecular weight is 357 g/mol. The van der Waals surface area contributed by atoms with E-state index in [4.69, 9.17) is 0 Å². The first-order chi connectivity index (χ1) is 12.7. The van der Waals surface area contributed by atoms with Crippen molar-refractivity contribution in [1.82, 2.24) is 14.7 Å². The van der Waals surface area contributed by atoms with Crippen LogP contribution in [0.2, 0.25) is 0 Å². The molecule has 1 aromatic carbocycles. The standard InChI is InChI=1S/C21H31N3O2/c25-20-7-3-8-22(15-20)16-21(26)24-10-4-9-23(11-12-24)19-13-17-5-1-2-6-18(17)14-19/h1-2,5-6,19-20,25H,3-4,7-16H2/t20-/m1/s1. The number of rotatable bonds is 3. The van der Waals surface area contributed by atoms with Crippen LogP contribution in [0.25, 0.3) is 0 Å². The Morgan fingerprint density at radius 2 is 1.77 bits per heavy atom. The third-order valence-electron chi connectivity index (χ3n) is 6.27. The fourth-order valence-electron chi connectivity index (χ4n) is 4.81. The number of hydrogen-bond donors (Lipinski definition) is 1. The van der Waals surface area contributed by atoms with Crippen LogP contribution >= 0.6 is 0 Å². The van der Waals surface area contributed by atoms with Gasteiger partial charge in [0.05, 0.1) is 12.6 Å². The highest BCUT2D eigenvalue weighted by atomic mass is 16.3. The van der Waals surface area contributed by atoms with Gasteiger partial charge in [0, 0.05) is 38.8 Å². The number of hydrogen-bond acceptors (Lipinski definition) is 4. The Bertz CT molecular complexity index is 610. The van der Waals surface area contributed by atoms with E-state index < -0.39 is 0 Å². The predicted molar refractivity (Wildman–Crippen MR) is 102 cm³/mol. The van der Waals surface area contributed by atoms with Crippen LogP contribution in [0.3, 0.4) is 0 Å². The molecule has 5 heteroatoms. The maximum Gasteiger partial charge on any atom is 0.236 e. The number of piperidine rings is 1. The van der Waals surface area contributed by atoms with Crippen LogP contribution in [-0.2, 0) is 17.6 Å². The molecule has 142 valence electrons. The van der Waals surface area contributed by atoms with E-state index >= 15 is 0 Å². The SMILES string of the molecule is O=C(CN1CCC[C@@H](O)C1)N1CCCN(C2Cc3ccccc3C2)CC1. The summed E-state index contributed by atoms with van der Waals surface area (Å²) in [6.45, 7) is 5.81. The van der Waals surface area contributed by atoms with Crippen molar-refractivity contribution in [1.29, 1.82) is 0 Å². The zero-order valence-electron chi connectivity index (χ0n) is 15.6. The minimum atomic E-state index is -0.264. The fourth-order valence-corrected chi connectivity index (χ4v) is 4.81. The number of aliphatic hydroxyl groups is 1. The van der Waals surface area contributed by atoms with Crippen molar-refractivity contribution in [2.45, 2.75) is 44.2 Å². The molecule has 2 aliphatic heterocycles. The van der Waals surface area contributed by atoms with Crippen LogP contribution in [0.4, 0.5) is 0 Å². The second-order valence-electron chi connectivity index (χ2n) is 8.13. The Labute approximate surface area is 156 Å². The summed E-state index contributed by atoms with van der Waals surface area (Å²) in [4.78, 5) is 19.5. The summed E-state index contributed by atoms with van der Waals surface area (Å²) in [5.74, 6) is 0.232. The van der Waals surface area contributed by atoms with Crippen molar-refractivity contribution in [2.24, 2.45) is 0 Å². The molecule has 1 aliphatic carbocycles. The van der Waals surface area contributed by atoms with Crippen LogP contribution in [0.1, 0.15) is 30.4 Å². The molecular formula is C21H31N3O2. The molecule has 1 atom stereocenters. The number of nitrogens with zero attached hydrogens (tertiary/aromatic N) is 3. The summed E-state index contributed by atoms with van der Waals surface area (Å²) in [5.41, 5.74) is 3.00. The number of fused-ring (bicyclic) bond motifs is 1. The van der Waals surface area contributed by atoms with Crippen LogP contribution in [0.5, 0.6) is 0 Å². The van der Waals surface area contributed by atoms with Crippen molar-refractivity contribution >= 4 is 5.91 Å². The second kappa shape index (κ2) is 8.07. The summed E-state index contributed by atoms with van der Waals surface area (Å²) >= 11 is 0. The molecule has 0 bridgehead atoms. The van der Waals surface area contributed by atoms with Crippen LogP contribution in [-0.4, -0.2) is 83.7 Å². The van der Waals surface area contributed by atoms with E-state index in [9.17, 15) is 9.90 Å². The maximum atomic E-state index is 12.7. The van der Waals surface area contributed by atoms with Gasteiger partial charge in [-0.1, -0.05) is 24.3 Å². The minimum absolute atomic E-state index is 0.232. The van der Waals surface area contributed by atoms with Gasteiger partial charge in [0.25, 0.3) is 0 Å². The molecule has 1 aromatic rings. The van der Waals surface area contributed by atoms with Crippen molar-refractivity contribution in [3.63, 3.8) is 0 Å². The van der Waals surface area contributed by atoms with Gasteiger partial charge in [-0.3, -0.25) is 14.6 Å². The van der Waals surface area contributed by atoms with Crippen LogP contribution < -0.4 is 0 Å². The second-order valence-corrected chi connectivity index (χ2v) is 8.13. The first-order valence-electron chi connectivity index (χ1n) is 10.2. The summed E-state index contributed by atoms with van der Waals surface area (Å²) in [6.07, 6.45) is 4.95. The summed E-state index contributed by atoms with van der Waals surface area (Å²) < 4.78 is 0. The quantitative estimate of drug-likeness (QED) is 0.881. The van der Waals surface area contributed by atoms with Gasteiger partial charge in [0.15, 0.2) is 0 Å². The number of carbonyl (C=O) groups excluding carboxylic acids is 1. The normalized spacial score (nSPS) is 25.9. The lowest BCUT2D eigenvalue weighted by molar-refractivity contribution is -0.133. The first-order valence-corrected chi connectivity index (χ1v) is 10.2. The Hall–Kier alpha value is -1.43. The van der Waals surface area contributed by atoms with Gasteiger partial charge in [-0.05, 0) is 49.8 Å². The minimum Gasteiger partial charge on any atom is -0.392 e. The maximum absolute atomic E-state index is 12.7. The van der Waals surface area contributed by atoms with Crippen molar-refractivity contribution < 1.29 is 9.90 Å². The Morgan fingerprint density at radius 1 is 1.00 bits per heavy atom.